The van der Waals surface area contributed by atoms with Crippen LogP contribution in [-0.4, -0.2) is 96.7 Å². The lowest BCUT2D eigenvalue weighted by Crippen LogP contribution is -2.30. The lowest BCUT2D eigenvalue weighted by atomic mass is 10.00. The van der Waals surface area contributed by atoms with Crippen LogP contribution in [0, 0.1) is 11.8 Å². The molecule has 0 saturated heterocycles. The van der Waals surface area contributed by atoms with Gasteiger partial charge < -0.3 is 33.8 Å². The largest absolute Gasteiger partial charge is 0.472 e. The molecule has 0 aliphatic heterocycles. The van der Waals surface area contributed by atoms with Gasteiger partial charge in [0.2, 0.25) is 0 Å². The second-order valence-corrected chi connectivity index (χ2v) is 31.7. The number of aliphatic hydroxyl groups excluding tert-OH is 1. The first-order chi connectivity index (χ1) is 46.9. The van der Waals surface area contributed by atoms with Gasteiger partial charge in [-0.25, -0.2) is 9.13 Å². The van der Waals surface area contributed by atoms with Crippen molar-refractivity contribution in [2.45, 2.75) is 426 Å². The minimum atomic E-state index is -4.96. The molecule has 0 aromatic heterocycles. The standard InChI is InChI=1S/C78H152O17P2/c1-7-10-12-14-16-18-20-21-22-23-24-25-26-31-35-39-43-51-57-63-78(83)94-73(66-88-75(80)60-54-48-41-37-34-30-28-27-29-33-36-40-46-52-58-70(4)5)68-92-96(84,85)90-64-72(79)65-91-97(86,87)93-69-74(67-89-76(81)61-55-49-45-44-47-53-59-71(6)9-3)95-77(82)62-56-50-42-38-32-19-17-15-13-11-8-2/h70-74,79H,7-69H2,1-6H3,(H,84,85)(H,86,87)/t71?,72-,73-,74-/m1/s1. The highest BCUT2D eigenvalue weighted by atomic mass is 31.2. The first kappa shape index (κ1) is 95.1. The molecule has 0 rings (SSSR count). The van der Waals surface area contributed by atoms with Crippen molar-refractivity contribution in [1.29, 1.82) is 0 Å². The average molecular weight is 1420 g/mol. The lowest BCUT2D eigenvalue weighted by molar-refractivity contribution is -0.161. The van der Waals surface area contributed by atoms with Crippen LogP contribution in [0.25, 0.3) is 0 Å². The fourth-order valence-electron chi connectivity index (χ4n) is 12.0. The second kappa shape index (κ2) is 69.8. The van der Waals surface area contributed by atoms with Crippen molar-refractivity contribution < 1.29 is 80.2 Å². The van der Waals surface area contributed by atoms with Crippen LogP contribution in [0.1, 0.15) is 408 Å². The van der Waals surface area contributed by atoms with E-state index in [1.54, 1.807) is 0 Å². The van der Waals surface area contributed by atoms with Crippen molar-refractivity contribution >= 4 is 39.5 Å². The molecule has 6 atom stereocenters. The number of hydrogen-bond acceptors (Lipinski definition) is 15. The summed E-state index contributed by atoms with van der Waals surface area (Å²) in [5.41, 5.74) is 0. The summed E-state index contributed by atoms with van der Waals surface area (Å²) < 4.78 is 68.6. The Labute approximate surface area is 594 Å². The zero-order valence-electron chi connectivity index (χ0n) is 63.4. The van der Waals surface area contributed by atoms with Gasteiger partial charge in [0.1, 0.15) is 19.3 Å². The zero-order valence-corrected chi connectivity index (χ0v) is 65.2. The van der Waals surface area contributed by atoms with Gasteiger partial charge in [-0.1, -0.05) is 356 Å². The maximum atomic E-state index is 13.1. The van der Waals surface area contributed by atoms with Gasteiger partial charge in [-0.05, 0) is 37.5 Å². The molecule has 0 heterocycles. The Morgan fingerprint density at radius 1 is 0.299 bits per heavy atom. The molecule has 0 aliphatic carbocycles. The smallest absolute Gasteiger partial charge is 0.462 e. The fourth-order valence-corrected chi connectivity index (χ4v) is 13.6. The van der Waals surface area contributed by atoms with Gasteiger partial charge in [0.05, 0.1) is 26.4 Å². The quantitative estimate of drug-likeness (QED) is 0.0222. The summed E-state index contributed by atoms with van der Waals surface area (Å²) >= 11 is 0. The molecule has 0 bridgehead atoms. The van der Waals surface area contributed by atoms with Gasteiger partial charge in [-0.3, -0.25) is 37.3 Å². The van der Waals surface area contributed by atoms with E-state index in [1.807, 2.05) is 0 Å². The monoisotopic (exact) mass is 1420 g/mol. The maximum absolute atomic E-state index is 13.1. The Hall–Kier alpha value is -1.94. The lowest BCUT2D eigenvalue weighted by Gasteiger charge is -2.21. The molecule has 0 spiro atoms. The molecule has 0 fully saturated rings. The molecule has 0 saturated carbocycles. The van der Waals surface area contributed by atoms with Gasteiger partial charge in [0.25, 0.3) is 0 Å². The summed E-state index contributed by atoms with van der Waals surface area (Å²) in [4.78, 5) is 72.9. The van der Waals surface area contributed by atoms with Crippen molar-refractivity contribution in [3.8, 4) is 0 Å². The topological polar surface area (TPSA) is 237 Å². The van der Waals surface area contributed by atoms with Crippen LogP contribution < -0.4 is 0 Å². The van der Waals surface area contributed by atoms with Crippen LogP contribution in [0.15, 0.2) is 0 Å². The SMILES string of the molecule is CCCCCCCCCCCCCCCCCCCCCC(=O)O[C@H](COC(=O)CCCCCCCCCCCCCCCCC(C)C)COP(=O)(O)OC[C@@H](O)COP(=O)(O)OC[C@@H](COC(=O)CCCCCCCCC(C)CC)OC(=O)CCCCCCCCCCCCC. The normalized spacial score (nSPS) is 14.2. The summed E-state index contributed by atoms with van der Waals surface area (Å²) in [7, 11) is -9.91. The van der Waals surface area contributed by atoms with Gasteiger partial charge in [-0.2, -0.15) is 0 Å². The van der Waals surface area contributed by atoms with E-state index in [2.05, 4.69) is 41.5 Å². The number of aliphatic hydroxyl groups is 1. The second-order valence-electron chi connectivity index (χ2n) is 28.8. The molecule has 3 unspecified atom stereocenters. The third-order valence-electron chi connectivity index (χ3n) is 18.6. The molecule has 0 aromatic rings. The predicted molar refractivity (Wildman–Crippen MR) is 395 cm³/mol. The van der Waals surface area contributed by atoms with Crippen molar-refractivity contribution in [3.63, 3.8) is 0 Å². The number of esters is 4. The first-order valence-electron chi connectivity index (χ1n) is 40.5. The predicted octanol–water partition coefficient (Wildman–Crippen LogP) is 23.1. The molecule has 3 N–H and O–H groups in total. The molecular formula is C78H152O17P2. The van der Waals surface area contributed by atoms with E-state index < -0.39 is 97.5 Å². The summed E-state index contributed by atoms with van der Waals surface area (Å²) in [5.74, 6) is -0.583. The number of phosphoric ester groups is 2. The van der Waals surface area contributed by atoms with Gasteiger partial charge in [0, 0.05) is 25.7 Å². The number of unbranched alkanes of at least 4 members (excludes halogenated alkanes) is 46. The molecule has 17 nitrogen and oxygen atoms in total. The number of phosphoric acid groups is 2. The van der Waals surface area contributed by atoms with E-state index in [0.29, 0.717) is 25.7 Å². The van der Waals surface area contributed by atoms with Crippen LogP contribution in [0.4, 0.5) is 0 Å². The van der Waals surface area contributed by atoms with Crippen LogP contribution in [0.2, 0.25) is 0 Å². The Morgan fingerprint density at radius 3 is 0.784 bits per heavy atom. The van der Waals surface area contributed by atoms with Crippen LogP contribution in [0.3, 0.4) is 0 Å². The van der Waals surface area contributed by atoms with Gasteiger partial charge >= 0.3 is 39.5 Å². The van der Waals surface area contributed by atoms with Crippen LogP contribution in [-0.2, 0) is 65.4 Å². The summed E-state index contributed by atoms with van der Waals surface area (Å²) in [5, 5.41) is 10.6. The number of carbonyl (C=O) groups excluding carboxylic acids is 4. The highest BCUT2D eigenvalue weighted by molar-refractivity contribution is 7.47. The van der Waals surface area contributed by atoms with Gasteiger partial charge in [-0.15, -0.1) is 0 Å². The molecule has 97 heavy (non-hydrogen) atoms. The Kier molecular flexibility index (Phi) is 68.4. The van der Waals surface area contributed by atoms with E-state index in [-0.39, 0.29) is 25.7 Å². The molecular weight excluding hydrogens is 1270 g/mol. The highest BCUT2D eigenvalue weighted by Gasteiger charge is 2.30. The molecule has 576 valence electrons. The molecule has 0 aliphatic rings. The van der Waals surface area contributed by atoms with Gasteiger partial charge in [0.15, 0.2) is 12.2 Å². The number of ether oxygens (including phenoxy) is 4. The molecule has 0 radical (unpaired) electrons. The zero-order chi connectivity index (χ0) is 71.4. The van der Waals surface area contributed by atoms with Crippen LogP contribution in [0.5, 0.6) is 0 Å². The van der Waals surface area contributed by atoms with E-state index in [0.717, 1.165) is 108 Å². The van der Waals surface area contributed by atoms with E-state index in [9.17, 15) is 43.2 Å². The Morgan fingerprint density at radius 2 is 0.526 bits per heavy atom. The minimum absolute atomic E-state index is 0.106. The van der Waals surface area contributed by atoms with E-state index in [1.165, 1.54) is 218 Å². The maximum Gasteiger partial charge on any atom is 0.472 e. The average Bonchev–Trinajstić information content (AvgIpc) is 1.45. The Balaban J connectivity index is 5.22. The van der Waals surface area contributed by atoms with Crippen molar-refractivity contribution in [2.24, 2.45) is 11.8 Å². The fraction of sp³-hybridized carbons (Fsp3) is 0.949. The number of rotatable bonds is 77. The van der Waals surface area contributed by atoms with Crippen molar-refractivity contribution in [2.75, 3.05) is 39.6 Å². The minimum Gasteiger partial charge on any atom is -0.462 e. The number of hydrogen-bond donors (Lipinski definition) is 3. The molecule has 19 heteroatoms. The first-order valence-corrected chi connectivity index (χ1v) is 43.5. The van der Waals surface area contributed by atoms with Crippen molar-refractivity contribution in [1.82, 2.24) is 0 Å². The van der Waals surface area contributed by atoms with Crippen molar-refractivity contribution in [3.05, 3.63) is 0 Å². The molecule has 0 amide bonds. The third kappa shape index (κ3) is 70.9. The van der Waals surface area contributed by atoms with Crippen LogP contribution >= 0.6 is 15.6 Å². The summed E-state index contributed by atoms with van der Waals surface area (Å²) in [6, 6.07) is 0. The third-order valence-corrected chi connectivity index (χ3v) is 20.5. The highest BCUT2D eigenvalue weighted by Crippen LogP contribution is 2.45. The Bertz CT molecular complexity index is 1870. The summed E-state index contributed by atoms with van der Waals surface area (Å²) in [6.45, 7) is 9.59. The number of carbonyl (C=O) groups is 4. The summed E-state index contributed by atoms with van der Waals surface area (Å²) in [6.07, 6.45) is 58.3. The van der Waals surface area contributed by atoms with E-state index >= 15 is 0 Å². The molecule has 0 aromatic carbocycles. The van der Waals surface area contributed by atoms with E-state index in [4.69, 9.17) is 37.0 Å².